The minimum absolute atomic E-state index is 0.126. The van der Waals surface area contributed by atoms with Crippen LogP contribution >= 0.6 is 0 Å². The molecule has 0 heterocycles. The summed E-state index contributed by atoms with van der Waals surface area (Å²) in [7, 11) is 3.22. The van der Waals surface area contributed by atoms with Crippen LogP contribution in [0, 0.1) is 5.82 Å². The summed E-state index contributed by atoms with van der Waals surface area (Å²) in [5.41, 5.74) is 0.608. The molecule has 1 N–H and O–H groups in total. The lowest BCUT2D eigenvalue weighted by molar-refractivity contribution is 0.0590. The van der Waals surface area contributed by atoms with Crippen molar-refractivity contribution in [2.24, 2.45) is 0 Å². The number of halogens is 1. The van der Waals surface area contributed by atoms with E-state index >= 15 is 0 Å². The average Bonchev–Trinajstić information content (AvgIpc) is 2.50. The van der Waals surface area contributed by atoms with Crippen molar-refractivity contribution >= 4 is 11.6 Å². The number of hydrogen-bond acceptors (Lipinski definition) is 3. The van der Waals surface area contributed by atoms with Crippen LogP contribution < -0.4 is 5.32 Å². The number of amides is 1. The Kier molecular flexibility index (Phi) is 7.15. The molecular weight excluding hydrogens is 271 g/mol. The molecule has 0 aliphatic heterocycles. The predicted octanol–water partition coefficient (Wildman–Crippen LogP) is 3.14. The Morgan fingerprint density at radius 2 is 2.05 bits per heavy atom. The molecule has 0 saturated carbocycles. The van der Waals surface area contributed by atoms with Crippen LogP contribution in [0.15, 0.2) is 18.2 Å². The van der Waals surface area contributed by atoms with E-state index in [1.54, 1.807) is 31.2 Å². The van der Waals surface area contributed by atoms with Crippen molar-refractivity contribution in [3.8, 4) is 0 Å². The smallest absolute Gasteiger partial charge is 0.256 e. The van der Waals surface area contributed by atoms with Crippen molar-refractivity contribution in [1.82, 2.24) is 4.90 Å². The highest BCUT2D eigenvalue weighted by atomic mass is 19.1. The minimum Gasteiger partial charge on any atom is -0.385 e. The summed E-state index contributed by atoms with van der Waals surface area (Å²) in [5, 5.41) is 2.78. The maximum absolute atomic E-state index is 13.8. The van der Waals surface area contributed by atoms with Crippen LogP contribution in [-0.4, -0.2) is 44.2 Å². The molecule has 0 unspecified atom stereocenters. The molecule has 0 aromatic heterocycles. The van der Waals surface area contributed by atoms with E-state index in [0.29, 0.717) is 18.7 Å². The van der Waals surface area contributed by atoms with Crippen LogP contribution in [0.25, 0.3) is 0 Å². The van der Waals surface area contributed by atoms with E-state index in [-0.39, 0.29) is 17.6 Å². The monoisotopic (exact) mass is 296 g/mol. The van der Waals surface area contributed by atoms with Crippen LogP contribution in [-0.2, 0) is 4.74 Å². The number of ether oxygens (including phenoxy) is 1. The molecule has 0 radical (unpaired) electrons. The first-order valence-electron chi connectivity index (χ1n) is 7.36. The van der Waals surface area contributed by atoms with Crippen LogP contribution in [0.2, 0.25) is 0 Å². The van der Waals surface area contributed by atoms with Gasteiger partial charge < -0.3 is 15.0 Å². The molecule has 1 amide bonds. The van der Waals surface area contributed by atoms with E-state index in [9.17, 15) is 9.18 Å². The van der Waals surface area contributed by atoms with Crippen LogP contribution in [0.3, 0.4) is 0 Å². The zero-order valence-corrected chi connectivity index (χ0v) is 13.3. The quantitative estimate of drug-likeness (QED) is 0.801. The van der Waals surface area contributed by atoms with E-state index in [0.717, 1.165) is 12.8 Å². The van der Waals surface area contributed by atoms with Gasteiger partial charge in [0.2, 0.25) is 0 Å². The summed E-state index contributed by atoms with van der Waals surface area (Å²) < 4.78 is 18.9. The van der Waals surface area contributed by atoms with Crippen molar-refractivity contribution in [1.29, 1.82) is 0 Å². The number of nitrogens with zero attached hydrogens (tertiary/aromatic N) is 1. The van der Waals surface area contributed by atoms with Gasteiger partial charge >= 0.3 is 0 Å². The molecule has 0 aliphatic rings. The molecule has 1 aromatic rings. The summed E-state index contributed by atoms with van der Waals surface area (Å²) in [6, 6.07) is 4.68. The first kappa shape index (κ1) is 17.4. The number of nitrogens with one attached hydrogen (secondary N) is 1. The molecule has 1 aromatic carbocycles. The number of methoxy groups -OCH3 is 1. The van der Waals surface area contributed by atoms with E-state index in [2.05, 4.69) is 5.32 Å². The fourth-order valence-electron chi connectivity index (χ4n) is 2.48. The van der Waals surface area contributed by atoms with E-state index in [1.807, 2.05) is 13.8 Å². The SMILES string of the molecule is CCC(CC)N(CCOC)C(=O)c1cccc(F)c1NC. The molecule has 118 valence electrons. The molecule has 4 nitrogen and oxygen atoms in total. The second kappa shape index (κ2) is 8.62. The number of benzene rings is 1. The van der Waals surface area contributed by atoms with Crippen molar-refractivity contribution in [3.05, 3.63) is 29.6 Å². The zero-order chi connectivity index (χ0) is 15.8. The highest BCUT2D eigenvalue weighted by Gasteiger charge is 2.25. The third kappa shape index (κ3) is 4.17. The standard InChI is InChI=1S/C16H25FN2O2/c1-5-12(6-2)19(10-11-21-4)16(20)13-8-7-9-14(17)15(13)18-3/h7-9,12,18H,5-6,10-11H2,1-4H3. The number of carbonyl (C=O) groups is 1. The fraction of sp³-hybridized carbons (Fsp3) is 0.562. The van der Waals surface area contributed by atoms with Crippen molar-refractivity contribution in [3.63, 3.8) is 0 Å². The Hall–Kier alpha value is -1.62. The van der Waals surface area contributed by atoms with Gasteiger partial charge in [-0.3, -0.25) is 4.79 Å². The van der Waals surface area contributed by atoms with Gasteiger partial charge in [0, 0.05) is 26.7 Å². The normalized spacial score (nSPS) is 10.8. The number of hydrogen-bond donors (Lipinski definition) is 1. The first-order valence-corrected chi connectivity index (χ1v) is 7.36. The van der Waals surface area contributed by atoms with Gasteiger partial charge in [-0.2, -0.15) is 0 Å². The number of carbonyl (C=O) groups excluding carboxylic acids is 1. The first-order chi connectivity index (χ1) is 10.1. The van der Waals surface area contributed by atoms with Gasteiger partial charge in [0.1, 0.15) is 5.82 Å². The number of anilines is 1. The highest BCUT2D eigenvalue weighted by Crippen LogP contribution is 2.23. The molecule has 0 aliphatic carbocycles. The Bertz CT molecular complexity index is 462. The predicted molar refractivity (Wildman–Crippen MR) is 83.2 cm³/mol. The Morgan fingerprint density at radius 1 is 1.38 bits per heavy atom. The van der Waals surface area contributed by atoms with Gasteiger partial charge in [-0.25, -0.2) is 4.39 Å². The van der Waals surface area contributed by atoms with Crippen molar-refractivity contribution in [2.45, 2.75) is 32.7 Å². The summed E-state index contributed by atoms with van der Waals surface area (Å²) in [5.74, 6) is -0.579. The molecule has 0 bridgehead atoms. The lowest BCUT2D eigenvalue weighted by atomic mass is 10.1. The van der Waals surface area contributed by atoms with Gasteiger partial charge in [-0.05, 0) is 25.0 Å². The van der Waals surface area contributed by atoms with Crippen LogP contribution in [0.5, 0.6) is 0 Å². The lowest BCUT2D eigenvalue weighted by Gasteiger charge is -2.31. The molecule has 0 fully saturated rings. The largest absolute Gasteiger partial charge is 0.385 e. The maximum atomic E-state index is 13.8. The summed E-state index contributed by atoms with van der Waals surface area (Å²) in [4.78, 5) is 14.6. The Labute approximate surface area is 126 Å². The minimum atomic E-state index is -0.417. The average molecular weight is 296 g/mol. The van der Waals surface area contributed by atoms with E-state index < -0.39 is 5.82 Å². The van der Waals surface area contributed by atoms with Gasteiger partial charge in [0.15, 0.2) is 0 Å². The lowest BCUT2D eigenvalue weighted by Crippen LogP contribution is -2.42. The summed E-state index contributed by atoms with van der Waals surface area (Å²) >= 11 is 0. The van der Waals surface area contributed by atoms with Crippen LogP contribution in [0.1, 0.15) is 37.0 Å². The molecule has 0 atom stereocenters. The molecule has 1 rings (SSSR count). The van der Waals surface area contributed by atoms with Crippen molar-refractivity contribution in [2.75, 3.05) is 32.6 Å². The topological polar surface area (TPSA) is 41.6 Å². The van der Waals surface area contributed by atoms with Crippen LogP contribution in [0.4, 0.5) is 10.1 Å². The summed E-state index contributed by atoms with van der Waals surface area (Å²) in [6.07, 6.45) is 1.71. The van der Waals surface area contributed by atoms with E-state index in [4.69, 9.17) is 4.74 Å². The number of para-hydroxylation sites is 1. The zero-order valence-electron chi connectivity index (χ0n) is 13.3. The highest BCUT2D eigenvalue weighted by molar-refractivity contribution is 5.99. The number of rotatable bonds is 8. The fourth-order valence-corrected chi connectivity index (χ4v) is 2.48. The van der Waals surface area contributed by atoms with Gasteiger partial charge in [0.05, 0.1) is 17.9 Å². The third-order valence-electron chi connectivity index (χ3n) is 3.67. The maximum Gasteiger partial charge on any atom is 0.256 e. The van der Waals surface area contributed by atoms with E-state index in [1.165, 1.54) is 6.07 Å². The van der Waals surface area contributed by atoms with Gasteiger partial charge in [-0.1, -0.05) is 19.9 Å². The molecular formula is C16H25FN2O2. The van der Waals surface area contributed by atoms with Crippen molar-refractivity contribution < 1.29 is 13.9 Å². The Balaban J connectivity index is 3.12. The molecule has 0 spiro atoms. The van der Waals surface area contributed by atoms with Gasteiger partial charge in [-0.15, -0.1) is 0 Å². The third-order valence-corrected chi connectivity index (χ3v) is 3.67. The van der Waals surface area contributed by atoms with Gasteiger partial charge in [0.25, 0.3) is 5.91 Å². The Morgan fingerprint density at radius 3 is 2.57 bits per heavy atom. The second-order valence-corrected chi connectivity index (χ2v) is 4.87. The molecule has 0 saturated heterocycles. The molecule has 21 heavy (non-hydrogen) atoms. The summed E-state index contributed by atoms with van der Waals surface area (Å²) in [6.45, 7) is 5.06. The second-order valence-electron chi connectivity index (χ2n) is 4.87. The molecule has 5 heteroatoms.